The number of piperazine rings is 1. The van der Waals surface area contributed by atoms with Crippen LogP contribution in [0.3, 0.4) is 0 Å². The van der Waals surface area contributed by atoms with Gasteiger partial charge >= 0.3 is 12.1 Å². The van der Waals surface area contributed by atoms with Crippen LogP contribution in [-0.2, 0) is 11.0 Å². The molecular weight excluding hydrogens is 440 g/mol. The lowest BCUT2D eigenvalue weighted by Crippen LogP contribution is -2.54. The number of alkyl halides is 3. The van der Waals surface area contributed by atoms with E-state index in [4.69, 9.17) is 5.11 Å². The molecule has 1 saturated heterocycles. The molecule has 9 heteroatoms. The first-order chi connectivity index (χ1) is 13.3. The summed E-state index contributed by atoms with van der Waals surface area (Å²) >= 11 is 0. The molecule has 1 heterocycles. The van der Waals surface area contributed by atoms with Crippen molar-refractivity contribution in [3.05, 3.63) is 71.3 Å². The number of nitrogens with zero attached hydrogens (tertiary/aromatic N) is 2. The summed E-state index contributed by atoms with van der Waals surface area (Å²) in [5, 5.41) is 9.06. The van der Waals surface area contributed by atoms with Crippen LogP contribution in [-0.4, -0.2) is 53.1 Å². The highest BCUT2D eigenvalue weighted by Crippen LogP contribution is 2.35. The normalized spacial score (nSPS) is 18.7. The number of hydrogen-bond donors (Lipinski definition) is 1. The summed E-state index contributed by atoms with van der Waals surface area (Å²) < 4.78 is 39.7. The molecule has 1 fully saturated rings. The van der Waals surface area contributed by atoms with Crippen LogP contribution in [0.2, 0.25) is 0 Å². The van der Waals surface area contributed by atoms with E-state index >= 15 is 0 Å². The average molecular weight is 465 g/mol. The molecule has 0 bridgehead atoms. The molecule has 2 atom stereocenters. The van der Waals surface area contributed by atoms with Crippen LogP contribution in [0.25, 0.3) is 0 Å². The van der Waals surface area contributed by atoms with E-state index in [9.17, 15) is 18.0 Å². The van der Waals surface area contributed by atoms with Gasteiger partial charge in [0.2, 0.25) is 0 Å². The topological polar surface area (TPSA) is 43.8 Å². The van der Waals surface area contributed by atoms with Gasteiger partial charge in [-0.1, -0.05) is 42.5 Å². The lowest BCUT2D eigenvalue weighted by Gasteiger charge is -2.43. The molecule has 0 aliphatic carbocycles. The minimum absolute atomic E-state index is 0. The van der Waals surface area contributed by atoms with Crippen molar-refractivity contribution >= 4 is 30.8 Å². The molecule has 1 aliphatic heterocycles. The minimum Gasteiger partial charge on any atom is -0.480 e. The molecule has 0 radical (unpaired) electrons. The van der Waals surface area contributed by atoms with Gasteiger partial charge in [-0.3, -0.25) is 14.6 Å². The van der Waals surface area contributed by atoms with Crippen molar-refractivity contribution < 1.29 is 23.1 Å². The lowest BCUT2D eigenvalue weighted by atomic mass is 9.94. The molecule has 30 heavy (non-hydrogen) atoms. The molecule has 1 N–H and O–H groups in total. The summed E-state index contributed by atoms with van der Waals surface area (Å²) in [5.41, 5.74) is 0.837. The van der Waals surface area contributed by atoms with Crippen LogP contribution >= 0.6 is 24.8 Å². The van der Waals surface area contributed by atoms with Crippen LogP contribution in [0.5, 0.6) is 0 Å². The Morgan fingerprint density at radius 2 is 1.70 bits per heavy atom. The van der Waals surface area contributed by atoms with E-state index in [-0.39, 0.29) is 43.4 Å². The van der Waals surface area contributed by atoms with Crippen molar-refractivity contribution in [1.29, 1.82) is 0 Å². The Balaban J connectivity index is 0.00000225. The maximum Gasteiger partial charge on any atom is 0.416 e. The number of carbonyl (C=O) groups is 1. The second-order valence-corrected chi connectivity index (χ2v) is 7.14. The second kappa shape index (κ2) is 11.0. The number of aliphatic carboxylic acids is 1. The molecular formula is C21H25Cl2F3N2O2. The zero-order valence-electron chi connectivity index (χ0n) is 16.4. The summed E-state index contributed by atoms with van der Waals surface area (Å²) in [6, 6.07) is 14.6. The van der Waals surface area contributed by atoms with Crippen molar-refractivity contribution in [2.45, 2.75) is 25.2 Å². The number of carboxylic acids is 1. The molecule has 2 aromatic carbocycles. The summed E-state index contributed by atoms with van der Waals surface area (Å²) in [6.07, 6.45) is -4.40. The Morgan fingerprint density at radius 3 is 2.27 bits per heavy atom. The van der Waals surface area contributed by atoms with E-state index in [1.165, 1.54) is 12.1 Å². The number of rotatable bonds is 5. The number of carboxylic acid groups (broad SMARTS) is 1. The first-order valence-corrected chi connectivity index (χ1v) is 9.17. The predicted molar refractivity (Wildman–Crippen MR) is 114 cm³/mol. The summed E-state index contributed by atoms with van der Waals surface area (Å²) in [4.78, 5) is 15.1. The molecule has 4 nitrogen and oxygen atoms in total. The van der Waals surface area contributed by atoms with E-state index in [2.05, 4.69) is 4.90 Å². The van der Waals surface area contributed by atoms with Gasteiger partial charge in [-0.05, 0) is 30.2 Å². The molecule has 0 amide bonds. The predicted octanol–water partition coefficient (Wildman–Crippen LogP) is 4.73. The third-order valence-electron chi connectivity index (χ3n) is 5.15. The Bertz CT molecular complexity index is 821. The van der Waals surface area contributed by atoms with Crippen LogP contribution in [0.15, 0.2) is 54.6 Å². The van der Waals surface area contributed by atoms with Crippen LogP contribution in [0.1, 0.15) is 29.7 Å². The Kier molecular flexibility index (Phi) is 9.62. The molecule has 166 valence electrons. The molecule has 0 saturated carbocycles. The zero-order valence-corrected chi connectivity index (χ0v) is 18.0. The smallest absolute Gasteiger partial charge is 0.416 e. The number of benzene rings is 2. The first-order valence-electron chi connectivity index (χ1n) is 9.17. The van der Waals surface area contributed by atoms with Crippen molar-refractivity contribution in [3.63, 3.8) is 0 Å². The largest absolute Gasteiger partial charge is 0.480 e. The average Bonchev–Trinajstić information content (AvgIpc) is 2.64. The number of hydrogen-bond acceptors (Lipinski definition) is 3. The van der Waals surface area contributed by atoms with E-state index in [1.807, 2.05) is 42.2 Å². The highest BCUT2D eigenvalue weighted by Gasteiger charge is 2.34. The van der Waals surface area contributed by atoms with Crippen LogP contribution < -0.4 is 0 Å². The summed E-state index contributed by atoms with van der Waals surface area (Å²) in [6.45, 7) is 3.62. The fourth-order valence-electron chi connectivity index (χ4n) is 3.80. The monoisotopic (exact) mass is 464 g/mol. The SMILES string of the molecule is CC1CN([C@@H](c2ccccc2)c2cccc(C(F)(F)F)c2)CCN1CC(=O)O.Cl.Cl. The van der Waals surface area contributed by atoms with Gasteiger partial charge in [0.25, 0.3) is 0 Å². The van der Waals surface area contributed by atoms with E-state index in [0.29, 0.717) is 25.2 Å². The summed E-state index contributed by atoms with van der Waals surface area (Å²) in [7, 11) is 0. The Morgan fingerprint density at radius 1 is 1.07 bits per heavy atom. The maximum atomic E-state index is 13.2. The van der Waals surface area contributed by atoms with Gasteiger partial charge in [0.15, 0.2) is 0 Å². The molecule has 0 spiro atoms. The van der Waals surface area contributed by atoms with Gasteiger partial charge in [-0.15, -0.1) is 24.8 Å². The van der Waals surface area contributed by atoms with Crippen LogP contribution in [0, 0.1) is 0 Å². The standard InChI is InChI=1S/C21H23F3N2O2.2ClH/c1-15-13-26(11-10-25(15)14-19(27)28)20(16-6-3-2-4-7-16)17-8-5-9-18(12-17)21(22,23)24;;/h2-9,12,15,20H,10-11,13-14H2,1H3,(H,27,28);2*1H/t15?,20-;;/m0../s1. The maximum absolute atomic E-state index is 13.2. The quantitative estimate of drug-likeness (QED) is 0.694. The summed E-state index contributed by atoms with van der Waals surface area (Å²) in [5.74, 6) is -0.877. The Hall–Kier alpha value is -1.80. The first kappa shape index (κ1) is 26.2. The molecule has 2 aromatic rings. The number of halogens is 5. The van der Waals surface area contributed by atoms with Gasteiger partial charge in [0.05, 0.1) is 18.2 Å². The zero-order chi connectivity index (χ0) is 20.3. The van der Waals surface area contributed by atoms with Crippen LogP contribution in [0.4, 0.5) is 13.2 Å². The third-order valence-corrected chi connectivity index (χ3v) is 5.15. The fourth-order valence-corrected chi connectivity index (χ4v) is 3.80. The van der Waals surface area contributed by atoms with Crippen molar-refractivity contribution in [2.75, 3.05) is 26.2 Å². The van der Waals surface area contributed by atoms with Gasteiger partial charge in [0, 0.05) is 25.7 Å². The van der Waals surface area contributed by atoms with Gasteiger partial charge in [-0.25, -0.2) is 0 Å². The van der Waals surface area contributed by atoms with Crippen molar-refractivity contribution in [2.24, 2.45) is 0 Å². The van der Waals surface area contributed by atoms with Gasteiger partial charge in [-0.2, -0.15) is 13.2 Å². The third kappa shape index (κ3) is 6.35. The van der Waals surface area contributed by atoms with Gasteiger partial charge in [0.1, 0.15) is 0 Å². The van der Waals surface area contributed by atoms with E-state index in [0.717, 1.165) is 11.6 Å². The lowest BCUT2D eigenvalue weighted by molar-refractivity contribution is -0.139. The highest BCUT2D eigenvalue weighted by molar-refractivity contribution is 5.85. The second-order valence-electron chi connectivity index (χ2n) is 7.14. The molecule has 0 aromatic heterocycles. The minimum atomic E-state index is -4.40. The van der Waals surface area contributed by atoms with Crippen molar-refractivity contribution in [3.8, 4) is 0 Å². The molecule has 1 unspecified atom stereocenters. The molecule has 3 rings (SSSR count). The fraction of sp³-hybridized carbons (Fsp3) is 0.381. The molecule has 1 aliphatic rings. The van der Waals surface area contributed by atoms with E-state index in [1.54, 1.807) is 6.07 Å². The Labute approximate surface area is 186 Å². The van der Waals surface area contributed by atoms with Crippen molar-refractivity contribution in [1.82, 2.24) is 9.80 Å². The van der Waals surface area contributed by atoms with E-state index < -0.39 is 17.7 Å². The highest BCUT2D eigenvalue weighted by atomic mass is 35.5. The van der Waals surface area contributed by atoms with Gasteiger partial charge < -0.3 is 5.11 Å².